The quantitative estimate of drug-likeness (QED) is 0.174. The fourth-order valence-electron chi connectivity index (χ4n) is 13.3. The normalized spacial score (nSPS) is 39.5. The molecule has 0 saturated heterocycles. The van der Waals surface area contributed by atoms with E-state index >= 15 is 0 Å². The van der Waals surface area contributed by atoms with Crippen LogP contribution in [-0.4, -0.2) is 34.2 Å². The molecule has 0 bridgehead atoms. The fraction of sp³-hybridized carbons (Fsp3) is 0.711. The molecule has 5 saturated carbocycles. The van der Waals surface area contributed by atoms with E-state index < -0.39 is 23.3 Å². The van der Waals surface area contributed by atoms with E-state index in [9.17, 15) is 24.6 Å². The molecule has 6 rings (SSSR count). The molecule has 0 radical (unpaired) electrons. The molecule has 278 valence electrons. The summed E-state index contributed by atoms with van der Waals surface area (Å²) in [6, 6.07) is 5.48. The number of aryl methyl sites for hydroxylation is 1. The first-order valence-corrected chi connectivity index (χ1v) is 19.6. The topological polar surface area (TPSA) is 101 Å². The zero-order chi connectivity index (χ0) is 37.5. The smallest absolute Gasteiger partial charge is 0.336 e. The van der Waals surface area contributed by atoms with Crippen LogP contribution in [-0.2, 0) is 14.3 Å². The number of carbonyl (C=O) groups excluding carboxylic acids is 1. The van der Waals surface area contributed by atoms with Crippen LogP contribution in [0, 0.1) is 80.8 Å². The van der Waals surface area contributed by atoms with Crippen molar-refractivity contribution in [1.82, 2.24) is 0 Å². The van der Waals surface area contributed by atoms with Gasteiger partial charge >= 0.3 is 17.9 Å². The number of carboxylic acids is 2. The van der Waals surface area contributed by atoms with E-state index in [1.807, 2.05) is 19.1 Å². The van der Waals surface area contributed by atoms with Crippen LogP contribution < -0.4 is 0 Å². The van der Waals surface area contributed by atoms with Gasteiger partial charge in [0.2, 0.25) is 0 Å². The van der Waals surface area contributed by atoms with Crippen LogP contribution in [0.5, 0.6) is 0 Å². The summed E-state index contributed by atoms with van der Waals surface area (Å²) in [5.41, 5.74) is 2.09. The average Bonchev–Trinajstić information content (AvgIpc) is 3.41. The van der Waals surface area contributed by atoms with Gasteiger partial charge in [0.05, 0.1) is 17.4 Å². The van der Waals surface area contributed by atoms with Crippen LogP contribution >= 0.6 is 0 Å². The number of carbonyl (C=O) groups is 3. The third-order valence-electron chi connectivity index (χ3n) is 16.3. The van der Waals surface area contributed by atoms with Crippen molar-refractivity contribution in [2.45, 2.75) is 139 Å². The molecule has 0 amide bonds. The van der Waals surface area contributed by atoms with E-state index in [1.165, 1.54) is 18.4 Å². The molecular formula is C45H62O6. The molecule has 5 fully saturated rings. The summed E-state index contributed by atoms with van der Waals surface area (Å²) < 4.78 is 6.17. The summed E-state index contributed by atoms with van der Waals surface area (Å²) in [5, 5.41) is 19.6. The Kier molecular flexibility index (Phi) is 9.25. The van der Waals surface area contributed by atoms with Gasteiger partial charge in [0.1, 0.15) is 6.10 Å². The van der Waals surface area contributed by atoms with Gasteiger partial charge in [0.25, 0.3) is 0 Å². The number of carboxylic acid groups (broad SMARTS) is 2. The number of aliphatic carboxylic acids is 1. The van der Waals surface area contributed by atoms with Crippen molar-refractivity contribution in [2.75, 3.05) is 0 Å². The second-order valence-corrected chi connectivity index (χ2v) is 19.7. The first kappa shape index (κ1) is 37.7. The van der Waals surface area contributed by atoms with Gasteiger partial charge in [-0.05, 0) is 155 Å². The van der Waals surface area contributed by atoms with Crippen LogP contribution in [0.3, 0.4) is 0 Å². The standard InChI is InChI=1S/C45H62O6/c1-27(2)30-16-22-45(21-15-29-25-28(3)11-12-31(29)38(47)48)24-23-43(9)32(37(30)45)13-14-34-42(8)19-18-35(51-36(46)26-40(4,5)39(49)50)41(6,7)33(42)17-20-44(34,43)10/h11-12,25,30,32-35,37H,1,13-14,16-20,22-24,26H2,2-10H3,(H,47,48)(H,49,50)/t30?,32?,33?,34?,35-,37?,42-,43+,44+,45?/m0/s1. The van der Waals surface area contributed by atoms with Crippen LogP contribution in [0.1, 0.15) is 148 Å². The van der Waals surface area contributed by atoms with E-state index in [2.05, 4.69) is 60.0 Å². The Morgan fingerprint density at radius 2 is 1.61 bits per heavy atom. The molecule has 1 aromatic rings. The number of fused-ring (bicyclic) bond motifs is 7. The summed E-state index contributed by atoms with van der Waals surface area (Å²) in [6.07, 6.45) is 10.4. The Morgan fingerprint density at radius 3 is 2.25 bits per heavy atom. The highest BCUT2D eigenvalue weighted by molar-refractivity contribution is 5.90. The molecule has 2 N–H and O–H groups in total. The van der Waals surface area contributed by atoms with Crippen molar-refractivity contribution in [3.05, 3.63) is 47.0 Å². The Hall–Kier alpha value is -3.07. The Balaban J connectivity index is 1.30. The minimum atomic E-state index is -1.15. The van der Waals surface area contributed by atoms with Gasteiger partial charge in [-0.15, -0.1) is 0 Å². The summed E-state index contributed by atoms with van der Waals surface area (Å²) in [4.78, 5) is 36.9. The summed E-state index contributed by atoms with van der Waals surface area (Å²) in [7, 11) is 0. The number of ether oxygens (including phenoxy) is 1. The average molecular weight is 699 g/mol. The molecule has 6 heteroatoms. The zero-order valence-electron chi connectivity index (χ0n) is 32.7. The highest BCUT2D eigenvalue weighted by Gasteiger charge is 2.71. The van der Waals surface area contributed by atoms with Crippen molar-refractivity contribution in [2.24, 2.45) is 62.1 Å². The van der Waals surface area contributed by atoms with Gasteiger partial charge in [0, 0.05) is 16.4 Å². The third-order valence-corrected chi connectivity index (χ3v) is 16.3. The molecule has 0 aromatic heterocycles. The van der Waals surface area contributed by atoms with Gasteiger partial charge in [0.15, 0.2) is 0 Å². The lowest BCUT2D eigenvalue weighted by atomic mass is 9.32. The van der Waals surface area contributed by atoms with Crippen molar-refractivity contribution < 1.29 is 29.3 Å². The van der Waals surface area contributed by atoms with Crippen LogP contribution in [0.25, 0.3) is 0 Å². The molecule has 6 unspecified atom stereocenters. The molecule has 0 heterocycles. The van der Waals surface area contributed by atoms with Crippen LogP contribution in [0.4, 0.5) is 0 Å². The molecule has 1 aromatic carbocycles. The largest absolute Gasteiger partial charge is 0.481 e. The van der Waals surface area contributed by atoms with Gasteiger partial charge in [-0.3, -0.25) is 9.59 Å². The second-order valence-electron chi connectivity index (χ2n) is 19.7. The van der Waals surface area contributed by atoms with Crippen LogP contribution in [0.2, 0.25) is 0 Å². The maximum absolute atomic E-state index is 13.1. The van der Waals surface area contributed by atoms with Gasteiger partial charge < -0.3 is 14.9 Å². The number of hydrogen-bond acceptors (Lipinski definition) is 4. The van der Waals surface area contributed by atoms with Crippen molar-refractivity contribution in [3.63, 3.8) is 0 Å². The molecule has 10 atom stereocenters. The summed E-state index contributed by atoms with van der Waals surface area (Å²) >= 11 is 0. The van der Waals surface area contributed by atoms with Crippen molar-refractivity contribution >= 4 is 17.9 Å². The maximum Gasteiger partial charge on any atom is 0.336 e. The first-order valence-electron chi connectivity index (χ1n) is 19.6. The van der Waals surface area contributed by atoms with Crippen molar-refractivity contribution in [1.29, 1.82) is 0 Å². The highest BCUT2D eigenvalue weighted by atomic mass is 16.5. The number of benzene rings is 1. The predicted octanol–water partition coefficient (Wildman–Crippen LogP) is 10.1. The van der Waals surface area contributed by atoms with E-state index in [-0.39, 0.29) is 45.2 Å². The lowest BCUT2D eigenvalue weighted by Crippen LogP contribution is -2.66. The van der Waals surface area contributed by atoms with Gasteiger partial charge in [-0.2, -0.15) is 0 Å². The van der Waals surface area contributed by atoms with E-state index in [4.69, 9.17) is 4.74 Å². The number of esters is 1. The Labute approximate surface area is 306 Å². The molecular weight excluding hydrogens is 636 g/mol. The molecule has 5 aliphatic carbocycles. The molecule has 0 spiro atoms. The zero-order valence-corrected chi connectivity index (χ0v) is 32.7. The lowest BCUT2D eigenvalue weighted by Gasteiger charge is -2.72. The number of hydrogen-bond donors (Lipinski definition) is 2. The van der Waals surface area contributed by atoms with Gasteiger partial charge in [-0.25, -0.2) is 4.79 Å². The fourth-order valence-corrected chi connectivity index (χ4v) is 13.3. The predicted molar refractivity (Wildman–Crippen MR) is 200 cm³/mol. The second kappa shape index (κ2) is 12.5. The Bertz CT molecular complexity index is 1690. The van der Waals surface area contributed by atoms with E-state index in [0.29, 0.717) is 35.2 Å². The third kappa shape index (κ3) is 5.79. The van der Waals surface area contributed by atoms with E-state index in [1.54, 1.807) is 19.9 Å². The summed E-state index contributed by atoms with van der Waals surface area (Å²) in [5.74, 6) is 7.28. The minimum absolute atomic E-state index is 0.115. The number of aromatic carboxylic acids is 1. The van der Waals surface area contributed by atoms with Gasteiger partial charge in [-0.1, -0.05) is 64.7 Å². The lowest BCUT2D eigenvalue weighted by molar-refractivity contribution is -0.247. The maximum atomic E-state index is 13.1. The number of allylic oxidation sites excluding steroid dienone is 1. The molecule has 51 heavy (non-hydrogen) atoms. The molecule has 5 aliphatic rings. The SMILES string of the molecule is C=C(C)C1CCC2(C#Cc3cc(C)ccc3C(=O)O)CC[C@]3(C)C(CCC4[C@@]5(C)CC[C@H](OC(=O)CC(C)(C)C(=O)O)C(C)(C)C5CC[C@]43C)C12. The minimum Gasteiger partial charge on any atom is -0.481 e. The monoisotopic (exact) mass is 698 g/mol. The highest BCUT2D eigenvalue weighted by Crippen LogP contribution is 2.77. The van der Waals surface area contributed by atoms with E-state index in [0.717, 1.165) is 56.9 Å². The molecule has 6 nitrogen and oxygen atoms in total. The molecule has 0 aliphatic heterocycles. The Morgan fingerprint density at radius 1 is 0.902 bits per heavy atom. The van der Waals surface area contributed by atoms with Crippen molar-refractivity contribution in [3.8, 4) is 11.8 Å². The number of rotatable bonds is 6. The summed E-state index contributed by atoms with van der Waals surface area (Å²) in [6.45, 7) is 24.3. The first-order chi connectivity index (χ1) is 23.6. The van der Waals surface area contributed by atoms with Crippen LogP contribution in [0.15, 0.2) is 30.4 Å².